The molecular formula is C5H8NNaO3. The first-order valence-corrected chi connectivity index (χ1v) is 2.72. The second-order valence-electron chi connectivity index (χ2n) is 2.00. The summed E-state index contributed by atoms with van der Waals surface area (Å²) in [6, 6.07) is -0.641. The number of carboxylic acids is 1. The van der Waals surface area contributed by atoms with E-state index in [0.29, 0.717) is 12.8 Å². The van der Waals surface area contributed by atoms with E-state index >= 15 is 0 Å². The fourth-order valence-electron chi connectivity index (χ4n) is 0.799. The van der Waals surface area contributed by atoms with Gasteiger partial charge in [-0.15, -0.1) is 0 Å². The van der Waals surface area contributed by atoms with E-state index in [4.69, 9.17) is 5.11 Å². The summed E-state index contributed by atoms with van der Waals surface area (Å²) in [5.41, 5.74) is 0. The van der Waals surface area contributed by atoms with Crippen LogP contribution in [-0.4, -0.2) is 52.6 Å². The molecule has 1 amide bonds. The van der Waals surface area contributed by atoms with Crippen LogP contribution in [0.4, 0.5) is 0 Å². The first-order chi connectivity index (χ1) is 4.20. The summed E-state index contributed by atoms with van der Waals surface area (Å²) in [5.74, 6) is -1.11. The standard InChI is InChI=1S/C5H7NO3.Na.H/c7-4-2-1-3(6-4)5(8)9;;/h3H,1-2H2,(H,6,7)(H,8,9);;/t3-;;/m0../s1. The van der Waals surface area contributed by atoms with Gasteiger partial charge in [-0.1, -0.05) is 0 Å². The van der Waals surface area contributed by atoms with E-state index in [2.05, 4.69) is 5.32 Å². The molecule has 1 heterocycles. The minimum atomic E-state index is -0.944. The van der Waals surface area contributed by atoms with Gasteiger partial charge in [0.2, 0.25) is 5.91 Å². The van der Waals surface area contributed by atoms with Crippen LogP contribution in [0, 0.1) is 0 Å². The normalized spacial score (nSPS) is 23.2. The van der Waals surface area contributed by atoms with Gasteiger partial charge in [0.1, 0.15) is 6.04 Å². The molecule has 1 atom stereocenters. The molecule has 1 rings (SSSR count). The molecule has 1 aliphatic heterocycles. The molecule has 52 valence electrons. The van der Waals surface area contributed by atoms with E-state index in [9.17, 15) is 9.59 Å². The van der Waals surface area contributed by atoms with Crippen molar-refractivity contribution < 1.29 is 14.7 Å². The second kappa shape index (κ2) is 3.95. The molecule has 0 saturated carbocycles. The molecule has 0 aromatic rings. The van der Waals surface area contributed by atoms with Crippen LogP contribution < -0.4 is 5.32 Å². The number of hydrogen-bond donors (Lipinski definition) is 2. The van der Waals surface area contributed by atoms with Crippen molar-refractivity contribution in [3.8, 4) is 0 Å². The van der Waals surface area contributed by atoms with Crippen molar-refractivity contribution in [2.45, 2.75) is 18.9 Å². The van der Waals surface area contributed by atoms with Crippen LogP contribution in [-0.2, 0) is 9.59 Å². The van der Waals surface area contributed by atoms with Gasteiger partial charge in [0.25, 0.3) is 0 Å². The van der Waals surface area contributed by atoms with Gasteiger partial charge in [-0.05, 0) is 6.42 Å². The van der Waals surface area contributed by atoms with Gasteiger partial charge in [0.15, 0.2) is 0 Å². The topological polar surface area (TPSA) is 66.4 Å². The molecule has 4 nitrogen and oxygen atoms in total. The molecular weight excluding hydrogens is 145 g/mol. The Kier molecular flexibility index (Phi) is 3.93. The van der Waals surface area contributed by atoms with E-state index in [1.807, 2.05) is 0 Å². The third-order valence-electron chi connectivity index (χ3n) is 1.29. The average molecular weight is 153 g/mol. The predicted octanol–water partition coefficient (Wildman–Crippen LogP) is -1.30. The van der Waals surface area contributed by atoms with Gasteiger partial charge in [-0.25, -0.2) is 4.79 Å². The Balaban J connectivity index is 0.000000810. The minimum absolute atomic E-state index is 0. The number of nitrogens with one attached hydrogen (secondary N) is 1. The van der Waals surface area contributed by atoms with E-state index in [1.165, 1.54) is 0 Å². The Morgan fingerprint density at radius 2 is 2.30 bits per heavy atom. The molecule has 0 aliphatic carbocycles. The average Bonchev–Trinajstić information content (AvgIpc) is 2.14. The van der Waals surface area contributed by atoms with Crippen LogP contribution >= 0.6 is 0 Å². The van der Waals surface area contributed by atoms with Gasteiger partial charge in [0, 0.05) is 6.42 Å². The monoisotopic (exact) mass is 153 g/mol. The van der Waals surface area contributed by atoms with Crippen LogP contribution in [0.2, 0.25) is 0 Å². The maximum absolute atomic E-state index is 10.4. The SMILES string of the molecule is O=C1CC[C@@H](C(=O)O)N1.[NaH]. The van der Waals surface area contributed by atoms with Crippen LogP contribution in [0.3, 0.4) is 0 Å². The number of hydrogen-bond acceptors (Lipinski definition) is 2. The van der Waals surface area contributed by atoms with E-state index in [1.54, 1.807) is 0 Å². The summed E-state index contributed by atoms with van der Waals surface area (Å²) in [4.78, 5) is 20.5. The molecule has 5 heteroatoms. The summed E-state index contributed by atoms with van der Waals surface area (Å²) in [7, 11) is 0. The zero-order chi connectivity index (χ0) is 6.85. The van der Waals surface area contributed by atoms with Gasteiger partial charge in [-0.3, -0.25) is 4.79 Å². The van der Waals surface area contributed by atoms with Crippen LogP contribution in [0.5, 0.6) is 0 Å². The van der Waals surface area contributed by atoms with Crippen molar-refractivity contribution in [2.24, 2.45) is 0 Å². The van der Waals surface area contributed by atoms with Crippen molar-refractivity contribution in [2.75, 3.05) is 0 Å². The van der Waals surface area contributed by atoms with E-state index < -0.39 is 12.0 Å². The summed E-state index contributed by atoms with van der Waals surface area (Å²) < 4.78 is 0. The summed E-state index contributed by atoms with van der Waals surface area (Å²) in [6.07, 6.45) is 0.769. The first-order valence-electron chi connectivity index (χ1n) is 2.72. The quantitative estimate of drug-likeness (QED) is 0.460. The molecule has 0 spiro atoms. The number of carboxylic acid groups (broad SMARTS) is 1. The van der Waals surface area contributed by atoms with Crippen molar-refractivity contribution in [3.63, 3.8) is 0 Å². The zero-order valence-corrected chi connectivity index (χ0v) is 4.76. The number of amides is 1. The zero-order valence-electron chi connectivity index (χ0n) is 4.76. The molecule has 1 fully saturated rings. The van der Waals surface area contributed by atoms with Crippen molar-refractivity contribution in [3.05, 3.63) is 0 Å². The van der Waals surface area contributed by atoms with Crippen LogP contribution in [0.1, 0.15) is 12.8 Å². The predicted molar refractivity (Wildman–Crippen MR) is 35.9 cm³/mol. The number of carbonyl (C=O) groups is 2. The third-order valence-corrected chi connectivity index (χ3v) is 1.29. The Bertz CT molecular complexity index is 159. The maximum atomic E-state index is 10.4. The van der Waals surface area contributed by atoms with Crippen molar-refractivity contribution in [1.29, 1.82) is 0 Å². The molecule has 0 radical (unpaired) electrons. The Labute approximate surface area is 80.3 Å². The Morgan fingerprint density at radius 1 is 1.70 bits per heavy atom. The van der Waals surface area contributed by atoms with Crippen LogP contribution in [0.25, 0.3) is 0 Å². The number of carbonyl (C=O) groups excluding carboxylic acids is 1. The molecule has 2 N–H and O–H groups in total. The van der Waals surface area contributed by atoms with Gasteiger partial charge in [0.05, 0.1) is 0 Å². The molecule has 1 aliphatic rings. The number of rotatable bonds is 1. The fraction of sp³-hybridized carbons (Fsp3) is 0.600. The summed E-state index contributed by atoms with van der Waals surface area (Å²) in [6.45, 7) is 0. The van der Waals surface area contributed by atoms with E-state index in [0.717, 1.165) is 0 Å². The Hall–Kier alpha value is -0.0600. The molecule has 0 aromatic heterocycles. The Morgan fingerprint density at radius 3 is 2.50 bits per heavy atom. The van der Waals surface area contributed by atoms with E-state index in [-0.39, 0.29) is 35.5 Å². The number of aliphatic carboxylic acids is 1. The van der Waals surface area contributed by atoms with Gasteiger partial charge >= 0.3 is 35.5 Å². The van der Waals surface area contributed by atoms with Crippen molar-refractivity contribution >= 4 is 41.4 Å². The van der Waals surface area contributed by atoms with Crippen LogP contribution in [0.15, 0.2) is 0 Å². The van der Waals surface area contributed by atoms with Gasteiger partial charge in [-0.2, -0.15) is 0 Å². The molecule has 10 heavy (non-hydrogen) atoms. The molecule has 1 saturated heterocycles. The molecule has 0 aromatic carbocycles. The third kappa shape index (κ3) is 2.28. The first kappa shape index (κ1) is 9.94. The molecule has 0 bridgehead atoms. The second-order valence-corrected chi connectivity index (χ2v) is 2.00. The summed E-state index contributed by atoms with van der Waals surface area (Å²) >= 11 is 0. The molecule has 0 unspecified atom stereocenters. The fourth-order valence-corrected chi connectivity index (χ4v) is 0.799. The van der Waals surface area contributed by atoms with Gasteiger partial charge < -0.3 is 10.4 Å². The van der Waals surface area contributed by atoms with Crippen molar-refractivity contribution in [1.82, 2.24) is 5.32 Å². The summed E-state index contributed by atoms with van der Waals surface area (Å²) in [5, 5.41) is 10.6.